The van der Waals surface area contributed by atoms with E-state index in [1.54, 1.807) is 0 Å². The number of rotatable bonds is 0. The van der Waals surface area contributed by atoms with Gasteiger partial charge in [-0.2, -0.15) is 0 Å². The third-order valence-corrected chi connectivity index (χ3v) is 0. The van der Waals surface area contributed by atoms with Crippen molar-refractivity contribution < 1.29 is 20.0 Å². The summed E-state index contributed by atoms with van der Waals surface area (Å²) in [6.45, 7) is 4.17. The first-order valence-corrected chi connectivity index (χ1v) is 2.03. The van der Waals surface area contributed by atoms with Crippen molar-refractivity contribution in [1.82, 2.24) is 0 Å². The molecule has 0 heterocycles. The van der Waals surface area contributed by atoms with Crippen LogP contribution in [0.3, 0.4) is 0 Å². The first kappa shape index (κ1) is 4.58. The van der Waals surface area contributed by atoms with Crippen LogP contribution < -0.4 is 0 Å². The Morgan fingerprint density at radius 3 is 1.50 bits per heavy atom. The molecule has 0 rings (SSSR count). The molecule has 0 atom stereocenters. The molecular formula is C3H6Ti. The van der Waals surface area contributed by atoms with Crippen LogP contribution in [-0.4, -0.2) is 3.81 Å². The van der Waals surface area contributed by atoms with Crippen LogP contribution in [-0.2, 0) is 20.0 Å². The summed E-state index contributed by atoms with van der Waals surface area (Å²) in [6.07, 6.45) is 0. The first-order chi connectivity index (χ1) is 1.73. The van der Waals surface area contributed by atoms with Crippen molar-refractivity contribution in [3.05, 3.63) is 0 Å². The SMILES string of the molecule is C[C](C)=[Ti]. The maximum absolute atomic E-state index is 2.08. The van der Waals surface area contributed by atoms with Gasteiger partial charge in [0, 0.05) is 0 Å². The molecule has 0 N–H and O–H groups in total. The molecule has 0 bridgehead atoms. The van der Waals surface area contributed by atoms with Crippen molar-refractivity contribution in [1.29, 1.82) is 0 Å². The summed E-state index contributed by atoms with van der Waals surface area (Å²) in [4.78, 5) is 0. The zero-order valence-electron chi connectivity index (χ0n) is 3.00. The third kappa shape index (κ3) is 19.0. The molecule has 0 aromatic carbocycles. The fraction of sp³-hybridized carbons (Fsp3) is 0.667. The van der Waals surface area contributed by atoms with Crippen LogP contribution in [0, 0.1) is 0 Å². The van der Waals surface area contributed by atoms with Crippen molar-refractivity contribution in [2.45, 2.75) is 13.8 Å². The van der Waals surface area contributed by atoms with E-state index in [1.807, 2.05) is 0 Å². The molecule has 0 aliphatic carbocycles. The molecule has 0 aromatic rings. The van der Waals surface area contributed by atoms with Gasteiger partial charge in [0.05, 0.1) is 0 Å². The topological polar surface area (TPSA) is 0 Å². The standard InChI is InChI=1S/C3H6.Ti/c1-3-2;/h1-2H3;. The minimum atomic E-state index is 1.42. The van der Waals surface area contributed by atoms with Gasteiger partial charge in [-0.1, -0.05) is 0 Å². The van der Waals surface area contributed by atoms with E-state index in [9.17, 15) is 0 Å². The van der Waals surface area contributed by atoms with E-state index in [4.69, 9.17) is 0 Å². The Labute approximate surface area is 38.1 Å². The molecule has 0 aliphatic heterocycles. The van der Waals surface area contributed by atoms with Crippen LogP contribution in [0.5, 0.6) is 0 Å². The Bertz CT molecular complexity index is 26.3. The molecule has 22 valence electrons. The van der Waals surface area contributed by atoms with Crippen molar-refractivity contribution in [2.75, 3.05) is 0 Å². The van der Waals surface area contributed by atoms with Crippen molar-refractivity contribution >= 4 is 3.81 Å². The second kappa shape index (κ2) is 1.86. The van der Waals surface area contributed by atoms with E-state index in [0.29, 0.717) is 0 Å². The van der Waals surface area contributed by atoms with E-state index in [0.717, 1.165) is 0 Å². The molecule has 0 radical (unpaired) electrons. The second-order valence-corrected chi connectivity index (χ2v) is 2.56. The van der Waals surface area contributed by atoms with Crippen LogP contribution in [0.2, 0.25) is 0 Å². The fourth-order valence-corrected chi connectivity index (χ4v) is 0. The summed E-state index contributed by atoms with van der Waals surface area (Å²) in [5.41, 5.74) is 0. The van der Waals surface area contributed by atoms with E-state index in [2.05, 4.69) is 33.8 Å². The average Bonchev–Trinajstić information content (AvgIpc) is 0.811. The minimum absolute atomic E-state index is 1.42. The summed E-state index contributed by atoms with van der Waals surface area (Å²) in [7, 11) is 0. The Morgan fingerprint density at radius 1 is 1.50 bits per heavy atom. The van der Waals surface area contributed by atoms with Crippen LogP contribution in [0.25, 0.3) is 0 Å². The molecule has 4 heavy (non-hydrogen) atoms. The van der Waals surface area contributed by atoms with E-state index in [-0.39, 0.29) is 0 Å². The molecule has 0 saturated carbocycles. The molecule has 0 fully saturated rings. The number of hydrogen-bond acceptors (Lipinski definition) is 0. The molecule has 0 aromatic heterocycles. The van der Waals surface area contributed by atoms with Gasteiger partial charge in [-0.05, 0) is 0 Å². The van der Waals surface area contributed by atoms with Gasteiger partial charge >= 0.3 is 37.6 Å². The molecule has 0 unspecified atom stereocenters. The normalized spacial score (nSPS) is 6.25. The Kier molecular flexibility index (Phi) is 2.14. The van der Waals surface area contributed by atoms with Crippen molar-refractivity contribution in [3.8, 4) is 0 Å². The maximum atomic E-state index is 2.08. The van der Waals surface area contributed by atoms with E-state index < -0.39 is 0 Å². The monoisotopic (exact) mass is 90.0 g/mol. The number of hydrogen-bond donors (Lipinski definition) is 0. The van der Waals surface area contributed by atoms with Crippen LogP contribution >= 0.6 is 0 Å². The Morgan fingerprint density at radius 2 is 1.50 bits per heavy atom. The molecule has 0 amide bonds. The van der Waals surface area contributed by atoms with Gasteiger partial charge in [0.1, 0.15) is 0 Å². The predicted octanol–water partition coefficient (Wildman–Crippen LogP) is 0.745. The van der Waals surface area contributed by atoms with Gasteiger partial charge in [0.25, 0.3) is 0 Å². The fourth-order valence-electron chi connectivity index (χ4n) is 0. The van der Waals surface area contributed by atoms with Gasteiger partial charge in [-0.25, -0.2) is 0 Å². The first-order valence-electron chi connectivity index (χ1n) is 1.25. The van der Waals surface area contributed by atoms with Gasteiger partial charge in [-0.3, -0.25) is 0 Å². The molecule has 0 spiro atoms. The summed E-state index contributed by atoms with van der Waals surface area (Å²) in [6, 6.07) is 0. The molecule has 0 saturated heterocycles. The summed E-state index contributed by atoms with van der Waals surface area (Å²) < 4.78 is 1.42. The van der Waals surface area contributed by atoms with Gasteiger partial charge in [-0.15, -0.1) is 0 Å². The quantitative estimate of drug-likeness (QED) is 0.385. The van der Waals surface area contributed by atoms with Crippen LogP contribution in [0.4, 0.5) is 0 Å². The predicted molar refractivity (Wildman–Crippen MR) is 16.4 cm³/mol. The van der Waals surface area contributed by atoms with Gasteiger partial charge in [0.2, 0.25) is 0 Å². The third-order valence-electron chi connectivity index (χ3n) is 0. The van der Waals surface area contributed by atoms with Crippen molar-refractivity contribution in [3.63, 3.8) is 0 Å². The summed E-state index contributed by atoms with van der Waals surface area (Å²) >= 11 is 2.08. The average molecular weight is 89.9 g/mol. The Hall–Kier alpha value is 0.584. The molecule has 0 aliphatic rings. The summed E-state index contributed by atoms with van der Waals surface area (Å²) in [5.74, 6) is 0. The van der Waals surface area contributed by atoms with Gasteiger partial charge < -0.3 is 0 Å². The zero-order valence-corrected chi connectivity index (χ0v) is 4.56. The molecular weight excluding hydrogens is 83.9 g/mol. The second-order valence-electron chi connectivity index (χ2n) is 1.00. The van der Waals surface area contributed by atoms with Crippen LogP contribution in [0.1, 0.15) is 13.8 Å². The Balaban J connectivity index is 2.80. The molecule has 0 nitrogen and oxygen atoms in total. The summed E-state index contributed by atoms with van der Waals surface area (Å²) in [5, 5.41) is 0. The van der Waals surface area contributed by atoms with Crippen molar-refractivity contribution in [2.24, 2.45) is 0 Å². The molecule has 1 heteroatoms. The van der Waals surface area contributed by atoms with Gasteiger partial charge in [0.15, 0.2) is 0 Å². The van der Waals surface area contributed by atoms with Crippen LogP contribution in [0.15, 0.2) is 0 Å². The zero-order chi connectivity index (χ0) is 3.58. The van der Waals surface area contributed by atoms with E-state index in [1.165, 1.54) is 3.81 Å². The van der Waals surface area contributed by atoms with E-state index >= 15 is 0 Å².